The van der Waals surface area contributed by atoms with Gasteiger partial charge in [-0.15, -0.1) is 0 Å². The monoisotopic (exact) mass is 361 g/mol. The Bertz CT molecular complexity index is 940. The Kier molecular flexibility index (Phi) is 5.01. The Morgan fingerprint density at radius 2 is 1.93 bits per heavy atom. The van der Waals surface area contributed by atoms with Gasteiger partial charge in [0, 0.05) is 24.5 Å². The zero-order chi connectivity index (χ0) is 18.6. The second kappa shape index (κ2) is 7.74. The predicted molar refractivity (Wildman–Crippen MR) is 105 cm³/mol. The summed E-state index contributed by atoms with van der Waals surface area (Å²) >= 11 is 0. The summed E-state index contributed by atoms with van der Waals surface area (Å²) in [5.41, 5.74) is 1.80. The first-order valence-electron chi connectivity index (χ1n) is 9.48. The fourth-order valence-electron chi connectivity index (χ4n) is 3.46. The van der Waals surface area contributed by atoms with E-state index in [1.54, 1.807) is 12.4 Å². The number of aryl methyl sites for hydroxylation is 1. The van der Waals surface area contributed by atoms with Crippen LogP contribution in [-0.2, 0) is 6.42 Å². The number of nitrogens with zero attached hydrogens (tertiary/aromatic N) is 3. The lowest BCUT2D eigenvalue weighted by atomic mass is 10.0. The van der Waals surface area contributed by atoms with E-state index >= 15 is 0 Å². The van der Waals surface area contributed by atoms with E-state index in [2.05, 4.69) is 23.0 Å². The minimum absolute atomic E-state index is 0.0521. The number of aromatic nitrogens is 2. The van der Waals surface area contributed by atoms with Crippen molar-refractivity contribution in [3.63, 3.8) is 0 Å². The van der Waals surface area contributed by atoms with E-state index < -0.39 is 0 Å². The van der Waals surface area contributed by atoms with Crippen molar-refractivity contribution in [3.8, 4) is 6.01 Å². The van der Waals surface area contributed by atoms with E-state index in [9.17, 15) is 4.79 Å². The van der Waals surface area contributed by atoms with Gasteiger partial charge >= 0.3 is 6.01 Å². The van der Waals surface area contributed by atoms with E-state index in [0.29, 0.717) is 12.6 Å². The van der Waals surface area contributed by atoms with Gasteiger partial charge in [0.15, 0.2) is 0 Å². The average Bonchev–Trinajstić information content (AvgIpc) is 2.73. The largest absolute Gasteiger partial charge is 0.458 e. The number of benzene rings is 2. The molecule has 0 spiro atoms. The third kappa shape index (κ3) is 3.92. The van der Waals surface area contributed by atoms with Crippen molar-refractivity contribution >= 4 is 16.7 Å². The first-order chi connectivity index (χ1) is 13.2. The van der Waals surface area contributed by atoms with Crippen LogP contribution in [0.5, 0.6) is 6.01 Å². The van der Waals surface area contributed by atoms with Crippen molar-refractivity contribution < 1.29 is 9.53 Å². The Hall–Kier alpha value is -2.95. The van der Waals surface area contributed by atoms with Gasteiger partial charge in [-0.05, 0) is 47.7 Å². The van der Waals surface area contributed by atoms with Crippen LogP contribution in [0.1, 0.15) is 35.7 Å². The third-order valence-corrected chi connectivity index (χ3v) is 5.02. The molecule has 1 aliphatic heterocycles. The fraction of sp³-hybridized carbons (Fsp3) is 0.318. The van der Waals surface area contributed by atoms with Crippen molar-refractivity contribution in [3.05, 3.63) is 66.0 Å². The summed E-state index contributed by atoms with van der Waals surface area (Å²) < 4.78 is 5.93. The molecule has 1 aliphatic rings. The Labute approximate surface area is 159 Å². The van der Waals surface area contributed by atoms with Crippen LogP contribution in [0.25, 0.3) is 10.8 Å². The first kappa shape index (κ1) is 17.5. The number of likely N-dealkylation sites (tertiary alicyclic amines) is 1. The summed E-state index contributed by atoms with van der Waals surface area (Å²) in [6, 6.07) is 14.3. The number of ether oxygens (including phenoxy) is 1. The summed E-state index contributed by atoms with van der Waals surface area (Å²) in [5.74, 6) is 0.0521. The SMILES string of the molecule is CCc1cnc(OC2CCCN(C(=O)c3ccc4ccccc4c3)C2)nc1. The van der Waals surface area contributed by atoms with E-state index in [0.717, 1.165) is 47.7 Å². The molecular weight excluding hydrogens is 338 g/mol. The lowest BCUT2D eigenvalue weighted by Gasteiger charge is -2.32. The number of rotatable bonds is 4. The van der Waals surface area contributed by atoms with Gasteiger partial charge in [0.2, 0.25) is 0 Å². The summed E-state index contributed by atoms with van der Waals surface area (Å²) in [6.45, 7) is 3.38. The van der Waals surface area contributed by atoms with E-state index in [1.807, 2.05) is 41.3 Å². The molecule has 1 fully saturated rings. The molecule has 2 aromatic carbocycles. The van der Waals surface area contributed by atoms with Crippen LogP contribution in [0, 0.1) is 0 Å². The zero-order valence-corrected chi connectivity index (χ0v) is 15.5. The molecule has 1 unspecified atom stereocenters. The van der Waals surface area contributed by atoms with Crippen LogP contribution in [0.3, 0.4) is 0 Å². The van der Waals surface area contributed by atoms with Gasteiger partial charge in [-0.1, -0.05) is 37.3 Å². The maximum absolute atomic E-state index is 13.0. The van der Waals surface area contributed by atoms with Crippen LogP contribution in [0.2, 0.25) is 0 Å². The number of carbonyl (C=O) groups excluding carboxylic acids is 1. The van der Waals surface area contributed by atoms with Gasteiger partial charge in [-0.25, -0.2) is 9.97 Å². The van der Waals surface area contributed by atoms with Gasteiger partial charge < -0.3 is 9.64 Å². The van der Waals surface area contributed by atoms with Crippen LogP contribution in [0.4, 0.5) is 0 Å². The van der Waals surface area contributed by atoms with Crippen molar-refractivity contribution in [2.45, 2.75) is 32.3 Å². The van der Waals surface area contributed by atoms with E-state index in [-0.39, 0.29) is 12.0 Å². The van der Waals surface area contributed by atoms with Gasteiger partial charge in [-0.2, -0.15) is 0 Å². The van der Waals surface area contributed by atoms with Crippen molar-refractivity contribution in [1.29, 1.82) is 0 Å². The predicted octanol–water partition coefficient (Wildman–Crippen LogP) is 3.88. The molecule has 3 aromatic rings. The van der Waals surface area contributed by atoms with Gasteiger partial charge in [0.25, 0.3) is 5.91 Å². The highest BCUT2D eigenvalue weighted by Crippen LogP contribution is 2.20. The van der Waals surface area contributed by atoms with Crippen molar-refractivity contribution in [2.75, 3.05) is 13.1 Å². The van der Waals surface area contributed by atoms with Gasteiger partial charge in [0.1, 0.15) is 6.10 Å². The number of piperidine rings is 1. The summed E-state index contributed by atoms with van der Waals surface area (Å²) in [6.07, 6.45) is 6.23. The second-order valence-electron chi connectivity index (χ2n) is 6.92. The van der Waals surface area contributed by atoms with E-state index in [1.165, 1.54) is 0 Å². The average molecular weight is 361 g/mol. The molecular formula is C22H23N3O2. The lowest BCUT2D eigenvalue weighted by Crippen LogP contribution is -2.44. The summed E-state index contributed by atoms with van der Waals surface area (Å²) in [4.78, 5) is 23.4. The number of hydrogen-bond donors (Lipinski definition) is 0. The standard InChI is InChI=1S/C22H23N3O2/c1-2-16-13-23-22(24-14-16)27-20-8-5-11-25(15-20)21(26)19-10-9-17-6-3-4-7-18(17)12-19/h3-4,6-7,9-10,12-14,20H,2,5,8,11,15H2,1H3. The molecule has 0 N–H and O–H groups in total. The van der Waals surface area contributed by atoms with Gasteiger partial charge in [0.05, 0.1) is 6.54 Å². The summed E-state index contributed by atoms with van der Waals surface area (Å²) in [7, 11) is 0. The fourth-order valence-corrected chi connectivity index (χ4v) is 3.46. The van der Waals surface area contributed by atoms with Crippen LogP contribution in [-0.4, -0.2) is 40.0 Å². The summed E-state index contributed by atoms with van der Waals surface area (Å²) in [5, 5.41) is 2.22. The minimum Gasteiger partial charge on any atom is -0.458 e. The molecule has 0 bridgehead atoms. The molecule has 27 heavy (non-hydrogen) atoms. The molecule has 0 radical (unpaired) electrons. The highest BCUT2D eigenvalue weighted by atomic mass is 16.5. The molecule has 1 aromatic heterocycles. The topological polar surface area (TPSA) is 55.3 Å². The Balaban J connectivity index is 1.45. The van der Waals surface area contributed by atoms with Crippen LogP contribution < -0.4 is 4.74 Å². The highest BCUT2D eigenvalue weighted by Gasteiger charge is 2.26. The number of hydrogen-bond acceptors (Lipinski definition) is 4. The van der Waals surface area contributed by atoms with E-state index in [4.69, 9.17) is 4.74 Å². The molecule has 5 nitrogen and oxygen atoms in total. The molecule has 2 heterocycles. The molecule has 0 saturated carbocycles. The molecule has 5 heteroatoms. The molecule has 1 amide bonds. The second-order valence-corrected chi connectivity index (χ2v) is 6.92. The zero-order valence-electron chi connectivity index (χ0n) is 15.5. The number of amides is 1. The Morgan fingerprint density at radius 1 is 1.15 bits per heavy atom. The lowest BCUT2D eigenvalue weighted by molar-refractivity contribution is 0.0516. The van der Waals surface area contributed by atoms with Gasteiger partial charge in [-0.3, -0.25) is 4.79 Å². The minimum atomic E-state index is -0.0735. The smallest absolute Gasteiger partial charge is 0.316 e. The Morgan fingerprint density at radius 3 is 2.70 bits per heavy atom. The quantitative estimate of drug-likeness (QED) is 0.708. The molecule has 0 aliphatic carbocycles. The molecule has 1 atom stereocenters. The normalized spacial score (nSPS) is 17.1. The van der Waals surface area contributed by atoms with Crippen molar-refractivity contribution in [1.82, 2.24) is 14.9 Å². The molecule has 1 saturated heterocycles. The number of carbonyl (C=O) groups is 1. The maximum atomic E-state index is 13.0. The third-order valence-electron chi connectivity index (χ3n) is 5.02. The van der Waals surface area contributed by atoms with Crippen LogP contribution in [0.15, 0.2) is 54.9 Å². The van der Waals surface area contributed by atoms with Crippen LogP contribution >= 0.6 is 0 Å². The number of fused-ring (bicyclic) bond motifs is 1. The first-order valence-corrected chi connectivity index (χ1v) is 9.48. The molecule has 4 rings (SSSR count). The highest BCUT2D eigenvalue weighted by molar-refractivity contribution is 5.98. The molecule has 138 valence electrons. The van der Waals surface area contributed by atoms with Crippen molar-refractivity contribution in [2.24, 2.45) is 0 Å². The maximum Gasteiger partial charge on any atom is 0.316 e.